The highest BCUT2D eigenvalue weighted by molar-refractivity contribution is 7.89. The molecule has 0 aliphatic heterocycles. The molecule has 0 saturated carbocycles. The minimum Gasteiger partial charge on any atom is -0.497 e. The molecule has 0 aliphatic rings. The molecule has 1 N–H and O–H groups in total. The molecule has 3 aromatic rings. The van der Waals surface area contributed by atoms with Crippen molar-refractivity contribution in [2.75, 3.05) is 13.7 Å². The van der Waals surface area contributed by atoms with E-state index in [1.165, 1.54) is 11.3 Å². The van der Waals surface area contributed by atoms with E-state index in [1.54, 1.807) is 25.3 Å². The average Bonchev–Trinajstić information content (AvgIpc) is 3.10. The number of ether oxygens (including phenoxy) is 1. The fraction of sp³-hybridized carbons (Fsp3) is 0.211. The number of aromatic nitrogens is 1. The Kier molecular flexibility index (Phi) is 5.70. The van der Waals surface area contributed by atoms with Crippen molar-refractivity contribution in [2.45, 2.75) is 18.2 Å². The number of methoxy groups -OCH3 is 1. The molecule has 0 unspecified atom stereocenters. The van der Waals surface area contributed by atoms with Gasteiger partial charge in [-0.3, -0.25) is 0 Å². The summed E-state index contributed by atoms with van der Waals surface area (Å²) in [6.45, 7) is 2.17. The molecular weight excluding hydrogens is 368 g/mol. The van der Waals surface area contributed by atoms with Crippen LogP contribution in [0.25, 0.3) is 10.6 Å². The number of nitrogens with one attached hydrogen (secondary N) is 1. The third kappa shape index (κ3) is 4.49. The molecule has 3 rings (SSSR count). The lowest BCUT2D eigenvalue weighted by molar-refractivity contribution is 0.415. The van der Waals surface area contributed by atoms with Gasteiger partial charge in [-0.25, -0.2) is 18.1 Å². The fourth-order valence-corrected chi connectivity index (χ4v) is 4.48. The van der Waals surface area contributed by atoms with Crippen LogP contribution in [0, 0.1) is 6.92 Å². The van der Waals surface area contributed by atoms with Crippen molar-refractivity contribution >= 4 is 21.4 Å². The topological polar surface area (TPSA) is 68.3 Å². The summed E-state index contributed by atoms with van der Waals surface area (Å²) in [5, 5.41) is 2.84. The largest absolute Gasteiger partial charge is 0.497 e. The second kappa shape index (κ2) is 7.99. The van der Waals surface area contributed by atoms with Gasteiger partial charge in [-0.2, -0.15) is 0 Å². The molecule has 0 spiro atoms. The van der Waals surface area contributed by atoms with Gasteiger partial charge in [0.2, 0.25) is 10.0 Å². The molecule has 26 heavy (non-hydrogen) atoms. The third-order valence-electron chi connectivity index (χ3n) is 3.84. The highest BCUT2D eigenvalue weighted by atomic mass is 32.2. The number of nitrogens with zero attached hydrogens (tertiary/aromatic N) is 1. The number of hydrogen-bond acceptors (Lipinski definition) is 5. The summed E-state index contributed by atoms with van der Waals surface area (Å²) in [4.78, 5) is 4.88. The maximum atomic E-state index is 12.3. The van der Waals surface area contributed by atoms with Gasteiger partial charge >= 0.3 is 0 Å². The first-order valence-electron chi connectivity index (χ1n) is 8.13. The predicted octanol–water partition coefficient (Wildman–Crippen LogP) is 3.65. The number of hydrogen-bond donors (Lipinski definition) is 1. The van der Waals surface area contributed by atoms with Gasteiger partial charge in [-0.15, -0.1) is 11.3 Å². The second-order valence-electron chi connectivity index (χ2n) is 5.84. The molecule has 0 radical (unpaired) electrons. The van der Waals surface area contributed by atoms with Crippen LogP contribution in [0.4, 0.5) is 0 Å². The lowest BCUT2D eigenvalue weighted by atomic mass is 10.2. The molecule has 0 atom stereocenters. The van der Waals surface area contributed by atoms with E-state index in [0.717, 1.165) is 27.6 Å². The number of thiazole rings is 1. The van der Waals surface area contributed by atoms with Gasteiger partial charge in [0.15, 0.2) is 0 Å². The Morgan fingerprint density at radius 2 is 1.96 bits per heavy atom. The molecule has 136 valence electrons. The van der Waals surface area contributed by atoms with Crippen LogP contribution in [0.1, 0.15) is 11.3 Å². The molecular formula is C19H20N2O3S2. The van der Waals surface area contributed by atoms with Gasteiger partial charge in [-0.1, -0.05) is 24.3 Å². The molecule has 1 aromatic heterocycles. The summed E-state index contributed by atoms with van der Waals surface area (Å²) in [6, 6.07) is 14.6. The first kappa shape index (κ1) is 18.6. The minimum absolute atomic E-state index is 0.285. The van der Waals surface area contributed by atoms with E-state index >= 15 is 0 Å². The highest BCUT2D eigenvalue weighted by Crippen LogP contribution is 2.27. The zero-order valence-corrected chi connectivity index (χ0v) is 16.2. The van der Waals surface area contributed by atoms with Gasteiger partial charge in [0.25, 0.3) is 0 Å². The lowest BCUT2D eigenvalue weighted by Gasteiger charge is -2.06. The van der Waals surface area contributed by atoms with Gasteiger partial charge < -0.3 is 4.74 Å². The Morgan fingerprint density at radius 3 is 2.73 bits per heavy atom. The van der Waals surface area contributed by atoms with Crippen LogP contribution in [0.3, 0.4) is 0 Å². The van der Waals surface area contributed by atoms with Crippen LogP contribution in [0.5, 0.6) is 5.75 Å². The van der Waals surface area contributed by atoms with E-state index in [0.29, 0.717) is 13.0 Å². The summed E-state index contributed by atoms with van der Waals surface area (Å²) in [5.74, 6) is 0.783. The van der Waals surface area contributed by atoms with Gasteiger partial charge in [0, 0.05) is 23.9 Å². The van der Waals surface area contributed by atoms with E-state index in [1.807, 2.05) is 42.6 Å². The Morgan fingerprint density at radius 1 is 1.15 bits per heavy atom. The van der Waals surface area contributed by atoms with Crippen molar-refractivity contribution in [3.8, 4) is 16.3 Å². The molecule has 7 heteroatoms. The van der Waals surface area contributed by atoms with Gasteiger partial charge in [0.05, 0.1) is 17.7 Å². The van der Waals surface area contributed by atoms with Crippen molar-refractivity contribution in [1.29, 1.82) is 0 Å². The van der Waals surface area contributed by atoms with E-state index in [9.17, 15) is 8.42 Å². The van der Waals surface area contributed by atoms with E-state index < -0.39 is 10.0 Å². The summed E-state index contributed by atoms with van der Waals surface area (Å²) >= 11 is 1.53. The van der Waals surface area contributed by atoms with Crippen molar-refractivity contribution in [3.63, 3.8) is 0 Å². The molecule has 5 nitrogen and oxygen atoms in total. The van der Waals surface area contributed by atoms with Gasteiger partial charge in [0.1, 0.15) is 10.8 Å². The number of aryl methyl sites for hydroxylation is 1. The monoisotopic (exact) mass is 388 g/mol. The average molecular weight is 389 g/mol. The predicted molar refractivity (Wildman–Crippen MR) is 104 cm³/mol. The fourth-order valence-electron chi connectivity index (χ4n) is 2.49. The number of sulfonamides is 1. The number of rotatable bonds is 7. The first-order valence-corrected chi connectivity index (χ1v) is 10.5. The molecule has 2 aromatic carbocycles. The lowest BCUT2D eigenvalue weighted by Crippen LogP contribution is -2.26. The smallest absolute Gasteiger partial charge is 0.240 e. The Labute approximate surface area is 157 Å². The third-order valence-corrected chi connectivity index (χ3v) is 6.24. The van der Waals surface area contributed by atoms with Crippen LogP contribution in [0.2, 0.25) is 0 Å². The van der Waals surface area contributed by atoms with Crippen molar-refractivity contribution < 1.29 is 13.2 Å². The zero-order valence-electron chi connectivity index (χ0n) is 14.6. The zero-order chi connectivity index (χ0) is 18.6. The SMILES string of the molecule is COc1cccc(-c2nc(CCNS(=O)(=O)c3cccc(C)c3)cs2)c1. The van der Waals surface area contributed by atoms with E-state index in [4.69, 9.17) is 4.74 Å². The van der Waals surface area contributed by atoms with Crippen LogP contribution in [0.15, 0.2) is 58.8 Å². The van der Waals surface area contributed by atoms with Crippen LogP contribution < -0.4 is 9.46 Å². The van der Waals surface area contributed by atoms with E-state index in [2.05, 4.69) is 9.71 Å². The maximum Gasteiger partial charge on any atom is 0.240 e. The Bertz CT molecular complexity index is 997. The van der Waals surface area contributed by atoms with Crippen molar-refractivity contribution in [3.05, 3.63) is 65.2 Å². The summed E-state index contributed by atoms with van der Waals surface area (Å²) in [6.07, 6.45) is 0.533. The van der Waals surface area contributed by atoms with Crippen LogP contribution >= 0.6 is 11.3 Å². The van der Waals surface area contributed by atoms with Gasteiger partial charge in [-0.05, 0) is 36.8 Å². The quantitative estimate of drug-likeness (QED) is 0.671. The highest BCUT2D eigenvalue weighted by Gasteiger charge is 2.14. The molecule has 0 aliphatic carbocycles. The summed E-state index contributed by atoms with van der Waals surface area (Å²) in [5.41, 5.74) is 2.76. The molecule has 0 amide bonds. The Hall–Kier alpha value is -2.22. The van der Waals surface area contributed by atoms with E-state index in [-0.39, 0.29) is 4.90 Å². The first-order chi connectivity index (χ1) is 12.5. The standard InChI is InChI=1S/C19H20N2O3S2/c1-14-5-3-8-18(11-14)26(22,23)20-10-9-16-13-25-19(21-16)15-6-4-7-17(12-15)24-2/h3-8,11-13,20H,9-10H2,1-2H3. The Balaban J connectivity index is 1.63. The van der Waals surface area contributed by atoms with Crippen molar-refractivity contribution in [1.82, 2.24) is 9.71 Å². The molecule has 1 heterocycles. The maximum absolute atomic E-state index is 12.3. The van der Waals surface area contributed by atoms with Crippen LogP contribution in [-0.2, 0) is 16.4 Å². The number of benzene rings is 2. The second-order valence-corrected chi connectivity index (χ2v) is 8.47. The minimum atomic E-state index is -3.50. The summed E-state index contributed by atoms with van der Waals surface area (Å²) < 4.78 is 32.5. The molecule has 0 saturated heterocycles. The van der Waals surface area contributed by atoms with Crippen LogP contribution in [-0.4, -0.2) is 27.1 Å². The summed E-state index contributed by atoms with van der Waals surface area (Å²) in [7, 11) is -1.87. The molecule has 0 fully saturated rings. The normalized spacial score (nSPS) is 11.5. The molecule has 0 bridgehead atoms. The van der Waals surface area contributed by atoms with Crippen molar-refractivity contribution in [2.24, 2.45) is 0 Å².